The van der Waals surface area contributed by atoms with Crippen molar-refractivity contribution < 1.29 is 14.4 Å². The number of amides is 2. The van der Waals surface area contributed by atoms with Gasteiger partial charge in [0.2, 0.25) is 11.8 Å². The van der Waals surface area contributed by atoms with E-state index in [2.05, 4.69) is 10.6 Å². The molecule has 0 aromatic carbocycles. The molecular weight excluding hydrogens is 246 g/mol. The molecule has 2 amide bonds. The van der Waals surface area contributed by atoms with Gasteiger partial charge in [-0.05, 0) is 18.3 Å². The first-order valence-corrected chi connectivity index (χ1v) is 6.55. The van der Waals surface area contributed by atoms with Crippen LogP contribution >= 0.6 is 0 Å². The van der Waals surface area contributed by atoms with Crippen LogP contribution in [0, 0.1) is 11.8 Å². The maximum atomic E-state index is 11.6. The summed E-state index contributed by atoms with van der Waals surface area (Å²) in [5.74, 6) is -0.440. The smallest absolute Gasteiger partial charge is 0.239 e. The Balaban J connectivity index is 4.11. The van der Waals surface area contributed by atoms with Crippen LogP contribution in [0.3, 0.4) is 0 Å². The van der Waals surface area contributed by atoms with Crippen LogP contribution in [0.2, 0.25) is 0 Å². The lowest BCUT2D eigenvalue weighted by molar-refractivity contribution is -0.128. The first-order chi connectivity index (χ1) is 8.77. The van der Waals surface area contributed by atoms with Crippen LogP contribution < -0.4 is 16.4 Å². The van der Waals surface area contributed by atoms with Crippen molar-refractivity contribution in [3.8, 4) is 0 Å². The second-order valence-electron chi connectivity index (χ2n) is 5.43. The minimum Gasteiger partial charge on any atom is -0.346 e. The number of hydrogen-bond acceptors (Lipinski definition) is 4. The summed E-state index contributed by atoms with van der Waals surface area (Å²) < 4.78 is 0. The van der Waals surface area contributed by atoms with E-state index in [4.69, 9.17) is 5.73 Å². The fraction of sp³-hybridized carbons (Fsp3) is 0.769. The van der Waals surface area contributed by atoms with Gasteiger partial charge in [-0.15, -0.1) is 0 Å². The van der Waals surface area contributed by atoms with Crippen LogP contribution in [0.15, 0.2) is 0 Å². The number of aldehydes is 1. The predicted octanol–water partition coefficient (Wildman–Crippen LogP) is -0.184. The van der Waals surface area contributed by atoms with Crippen LogP contribution in [0.4, 0.5) is 0 Å². The highest BCUT2D eigenvalue weighted by molar-refractivity contribution is 5.88. The minimum absolute atomic E-state index is 0.00623. The SMILES string of the molecule is CC(C)CC(C=O)NC(=O)CNC(=O)C(N)C(C)C. The quantitative estimate of drug-likeness (QED) is 0.533. The lowest BCUT2D eigenvalue weighted by atomic mass is 10.0. The van der Waals surface area contributed by atoms with Gasteiger partial charge in [-0.2, -0.15) is 0 Å². The van der Waals surface area contributed by atoms with Gasteiger partial charge < -0.3 is 21.2 Å². The zero-order chi connectivity index (χ0) is 15.0. The maximum absolute atomic E-state index is 11.6. The molecule has 19 heavy (non-hydrogen) atoms. The van der Waals surface area contributed by atoms with Gasteiger partial charge >= 0.3 is 0 Å². The molecule has 0 aliphatic carbocycles. The summed E-state index contributed by atoms with van der Waals surface area (Å²) in [6, 6.07) is -1.14. The van der Waals surface area contributed by atoms with Crippen molar-refractivity contribution in [2.75, 3.05) is 6.54 Å². The van der Waals surface area contributed by atoms with Crippen molar-refractivity contribution in [1.29, 1.82) is 0 Å². The summed E-state index contributed by atoms with van der Waals surface area (Å²) in [6.45, 7) is 7.42. The third-order valence-electron chi connectivity index (χ3n) is 2.68. The average Bonchev–Trinajstić information content (AvgIpc) is 2.33. The van der Waals surface area contributed by atoms with Crippen LogP contribution in [-0.4, -0.2) is 36.7 Å². The number of nitrogens with one attached hydrogen (secondary N) is 2. The molecule has 0 aliphatic heterocycles. The van der Waals surface area contributed by atoms with E-state index in [9.17, 15) is 14.4 Å². The largest absolute Gasteiger partial charge is 0.346 e. The molecule has 0 aromatic rings. The van der Waals surface area contributed by atoms with E-state index >= 15 is 0 Å². The molecule has 0 spiro atoms. The zero-order valence-corrected chi connectivity index (χ0v) is 12.1. The molecule has 0 saturated heterocycles. The summed E-state index contributed by atoms with van der Waals surface area (Å²) in [7, 11) is 0. The molecule has 6 nitrogen and oxygen atoms in total. The number of nitrogens with two attached hydrogens (primary N) is 1. The average molecular weight is 271 g/mol. The Kier molecular flexibility index (Phi) is 7.98. The molecule has 2 unspecified atom stereocenters. The normalized spacial score (nSPS) is 14.1. The molecule has 0 aromatic heterocycles. The molecular formula is C13H25N3O3. The van der Waals surface area contributed by atoms with E-state index in [1.807, 2.05) is 27.7 Å². The number of hydrogen-bond donors (Lipinski definition) is 3. The van der Waals surface area contributed by atoms with Gasteiger partial charge in [0.15, 0.2) is 0 Å². The van der Waals surface area contributed by atoms with E-state index in [1.54, 1.807) is 0 Å². The first-order valence-electron chi connectivity index (χ1n) is 6.55. The highest BCUT2D eigenvalue weighted by atomic mass is 16.2. The zero-order valence-electron chi connectivity index (χ0n) is 12.1. The molecule has 0 radical (unpaired) electrons. The lowest BCUT2D eigenvalue weighted by Gasteiger charge is -2.17. The Hall–Kier alpha value is -1.43. The van der Waals surface area contributed by atoms with Crippen molar-refractivity contribution in [1.82, 2.24) is 10.6 Å². The molecule has 0 fully saturated rings. The number of rotatable bonds is 8. The summed E-state index contributed by atoms with van der Waals surface area (Å²) in [5, 5.41) is 5.01. The third-order valence-corrected chi connectivity index (χ3v) is 2.68. The van der Waals surface area contributed by atoms with E-state index in [0.717, 1.165) is 0 Å². The van der Waals surface area contributed by atoms with Crippen molar-refractivity contribution in [2.45, 2.75) is 46.2 Å². The van der Waals surface area contributed by atoms with Gasteiger partial charge in [0.05, 0.1) is 18.6 Å². The van der Waals surface area contributed by atoms with Gasteiger partial charge in [0, 0.05) is 0 Å². The Morgan fingerprint density at radius 3 is 2.21 bits per heavy atom. The molecule has 0 heterocycles. The van der Waals surface area contributed by atoms with Crippen molar-refractivity contribution in [3.63, 3.8) is 0 Å². The Morgan fingerprint density at radius 1 is 1.21 bits per heavy atom. The van der Waals surface area contributed by atoms with Crippen molar-refractivity contribution in [2.24, 2.45) is 17.6 Å². The lowest BCUT2D eigenvalue weighted by Crippen LogP contribution is -2.48. The second-order valence-corrected chi connectivity index (χ2v) is 5.43. The van der Waals surface area contributed by atoms with Crippen LogP contribution in [-0.2, 0) is 14.4 Å². The predicted molar refractivity (Wildman–Crippen MR) is 73.3 cm³/mol. The fourth-order valence-electron chi connectivity index (χ4n) is 1.50. The van der Waals surface area contributed by atoms with Gasteiger partial charge in [-0.3, -0.25) is 9.59 Å². The second kappa shape index (κ2) is 8.63. The highest BCUT2D eigenvalue weighted by Gasteiger charge is 2.18. The Labute approximate surface area is 114 Å². The topological polar surface area (TPSA) is 101 Å². The van der Waals surface area contributed by atoms with Gasteiger partial charge in [-0.25, -0.2) is 0 Å². The van der Waals surface area contributed by atoms with E-state index in [1.165, 1.54) is 0 Å². The standard InChI is InChI=1S/C13H25N3O3/c1-8(2)5-10(7-17)16-11(18)6-15-13(19)12(14)9(3)4/h7-10,12H,5-6,14H2,1-4H3,(H,15,19)(H,16,18). The van der Waals surface area contributed by atoms with Gasteiger partial charge in [0.1, 0.15) is 6.29 Å². The van der Waals surface area contributed by atoms with Crippen molar-refractivity contribution in [3.05, 3.63) is 0 Å². The van der Waals surface area contributed by atoms with Gasteiger partial charge in [-0.1, -0.05) is 27.7 Å². The Bertz CT molecular complexity index is 316. The van der Waals surface area contributed by atoms with Crippen LogP contribution in [0.5, 0.6) is 0 Å². The van der Waals surface area contributed by atoms with Crippen LogP contribution in [0.25, 0.3) is 0 Å². The third kappa shape index (κ3) is 7.56. The molecule has 0 bridgehead atoms. The molecule has 0 saturated carbocycles. The molecule has 0 rings (SSSR count). The van der Waals surface area contributed by atoms with E-state index in [-0.39, 0.29) is 24.3 Å². The number of carbonyl (C=O) groups excluding carboxylic acids is 3. The molecule has 110 valence electrons. The fourth-order valence-corrected chi connectivity index (χ4v) is 1.50. The van der Waals surface area contributed by atoms with Gasteiger partial charge in [0.25, 0.3) is 0 Å². The maximum Gasteiger partial charge on any atom is 0.239 e. The molecule has 4 N–H and O–H groups in total. The van der Waals surface area contributed by atoms with Crippen molar-refractivity contribution >= 4 is 18.1 Å². The first kappa shape index (κ1) is 17.6. The van der Waals surface area contributed by atoms with Crippen LogP contribution in [0.1, 0.15) is 34.1 Å². The Morgan fingerprint density at radius 2 is 1.79 bits per heavy atom. The van der Waals surface area contributed by atoms with E-state index < -0.39 is 12.1 Å². The summed E-state index contributed by atoms with van der Waals surface area (Å²) >= 11 is 0. The van der Waals surface area contributed by atoms with E-state index in [0.29, 0.717) is 18.6 Å². The summed E-state index contributed by atoms with van der Waals surface area (Å²) in [5.41, 5.74) is 5.64. The molecule has 0 aliphatic rings. The summed E-state index contributed by atoms with van der Waals surface area (Å²) in [6.07, 6.45) is 1.29. The monoisotopic (exact) mass is 271 g/mol. The summed E-state index contributed by atoms with van der Waals surface area (Å²) in [4.78, 5) is 33.9. The minimum atomic E-state index is -0.634. The molecule has 6 heteroatoms. The molecule has 2 atom stereocenters. The number of carbonyl (C=O) groups is 3. The highest BCUT2D eigenvalue weighted by Crippen LogP contribution is 2.02.